The minimum atomic E-state index is -0.0910. The van der Waals surface area contributed by atoms with E-state index in [0.29, 0.717) is 23.5 Å². The molecule has 0 aliphatic rings. The van der Waals surface area contributed by atoms with Gasteiger partial charge in [-0.3, -0.25) is 4.79 Å². The first-order chi connectivity index (χ1) is 11.7. The van der Waals surface area contributed by atoms with Crippen LogP contribution in [0, 0.1) is 6.92 Å². The van der Waals surface area contributed by atoms with E-state index in [1.807, 2.05) is 31.2 Å². The van der Waals surface area contributed by atoms with E-state index in [2.05, 4.69) is 20.8 Å². The van der Waals surface area contributed by atoms with E-state index in [0.717, 1.165) is 5.56 Å². The lowest BCUT2D eigenvalue weighted by molar-refractivity contribution is -0.115. The van der Waals surface area contributed by atoms with Crippen molar-refractivity contribution in [3.8, 4) is 11.4 Å². The Morgan fingerprint density at radius 1 is 1.21 bits per heavy atom. The zero-order valence-corrected chi connectivity index (χ0v) is 13.4. The van der Waals surface area contributed by atoms with Gasteiger partial charge >= 0.3 is 0 Å². The zero-order chi connectivity index (χ0) is 16.9. The minimum absolute atomic E-state index is 0.0910. The minimum Gasteiger partial charge on any atom is -0.494 e. The van der Waals surface area contributed by atoms with Crippen LogP contribution in [0.1, 0.15) is 11.1 Å². The fourth-order valence-corrected chi connectivity index (χ4v) is 2.31. The van der Waals surface area contributed by atoms with E-state index in [9.17, 15) is 4.79 Å². The van der Waals surface area contributed by atoms with Crippen molar-refractivity contribution in [1.29, 1.82) is 0 Å². The van der Waals surface area contributed by atoms with Gasteiger partial charge in [-0.25, -0.2) is 0 Å². The molecule has 0 aliphatic heterocycles. The predicted molar refractivity (Wildman–Crippen MR) is 89.2 cm³/mol. The maximum Gasteiger partial charge on any atom is 0.228 e. The van der Waals surface area contributed by atoms with Crippen LogP contribution in [-0.4, -0.2) is 33.2 Å². The Labute approximate surface area is 139 Å². The van der Waals surface area contributed by atoms with Gasteiger partial charge < -0.3 is 10.1 Å². The summed E-state index contributed by atoms with van der Waals surface area (Å²) in [6.45, 7) is 2.02. The first-order valence-corrected chi connectivity index (χ1v) is 7.42. The molecule has 24 heavy (non-hydrogen) atoms. The largest absolute Gasteiger partial charge is 0.494 e. The van der Waals surface area contributed by atoms with E-state index >= 15 is 0 Å². The summed E-state index contributed by atoms with van der Waals surface area (Å²) in [6.07, 6.45) is 1.78. The SMILES string of the molecule is COc1ccc(NC(=O)Cc2ccc(C)cc2)cc1-n1cnnn1. The van der Waals surface area contributed by atoms with Gasteiger partial charge in [-0.05, 0) is 41.1 Å². The third kappa shape index (κ3) is 3.57. The number of ether oxygens (including phenoxy) is 1. The lowest BCUT2D eigenvalue weighted by Crippen LogP contribution is -2.14. The molecule has 0 radical (unpaired) electrons. The third-order valence-electron chi connectivity index (χ3n) is 3.54. The molecule has 122 valence electrons. The van der Waals surface area contributed by atoms with Crippen molar-refractivity contribution in [3.63, 3.8) is 0 Å². The number of benzene rings is 2. The second-order valence-electron chi connectivity index (χ2n) is 5.35. The van der Waals surface area contributed by atoms with Crippen LogP contribution in [0.15, 0.2) is 48.8 Å². The lowest BCUT2D eigenvalue weighted by Gasteiger charge is -2.11. The number of tetrazole rings is 1. The lowest BCUT2D eigenvalue weighted by atomic mass is 10.1. The standard InChI is InChI=1S/C17H17N5O2/c1-12-3-5-13(6-4-12)9-17(23)19-14-7-8-16(24-2)15(10-14)22-11-18-20-21-22/h3-8,10-11H,9H2,1-2H3,(H,19,23). The van der Waals surface area contributed by atoms with E-state index in [1.54, 1.807) is 25.3 Å². The van der Waals surface area contributed by atoms with E-state index < -0.39 is 0 Å². The summed E-state index contributed by atoms with van der Waals surface area (Å²) in [5.74, 6) is 0.519. The molecule has 0 atom stereocenters. The first kappa shape index (κ1) is 15.7. The Hall–Kier alpha value is -3.22. The summed E-state index contributed by atoms with van der Waals surface area (Å²) < 4.78 is 6.79. The number of nitrogens with zero attached hydrogens (tertiary/aromatic N) is 4. The van der Waals surface area contributed by atoms with E-state index in [4.69, 9.17) is 4.74 Å². The van der Waals surface area contributed by atoms with Gasteiger partial charge in [0.15, 0.2) is 0 Å². The molecule has 1 N–H and O–H groups in total. The topological polar surface area (TPSA) is 81.9 Å². The van der Waals surface area contributed by atoms with Crippen LogP contribution < -0.4 is 10.1 Å². The molecule has 1 amide bonds. The van der Waals surface area contributed by atoms with Gasteiger partial charge in [-0.1, -0.05) is 29.8 Å². The van der Waals surface area contributed by atoms with Crippen molar-refractivity contribution < 1.29 is 9.53 Å². The maximum absolute atomic E-state index is 12.2. The van der Waals surface area contributed by atoms with Crippen molar-refractivity contribution in [2.75, 3.05) is 12.4 Å². The van der Waals surface area contributed by atoms with Crippen LogP contribution in [-0.2, 0) is 11.2 Å². The third-order valence-corrected chi connectivity index (χ3v) is 3.54. The average Bonchev–Trinajstić information content (AvgIpc) is 3.11. The van der Waals surface area contributed by atoms with Crippen LogP contribution >= 0.6 is 0 Å². The molecular formula is C17H17N5O2. The molecule has 0 aliphatic carbocycles. The van der Waals surface area contributed by atoms with Crippen LogP contribution in [0.4, 0.5) is 5.69 Å². The Bertz CT molecular complexity index is 829. The van der Waals surface area contributed by atoms with Gasteiger partial charge in [0, 0.05) is 5.69 Å². The van der Waals surface area contributed by atoms with Crippen molar-refractivity contribution >= 4 is 11.6 Å². The van der Waals surface area contributed by atoms with Gasteiger partial charge in [0.05, 0.1) is 13.5 Å². The Morgan fingerprint density at radius 3 is 2.67 bits per heavy atom. The molecule has 7 nitrogen and oxygen atoms in total. The highest BCUT2D eigenvalue weighted by Crippen LogP contribution is 2.25. The molecule has 0 fully saturated rings. The molecular weight excluding hydrogens is 306 g/mol. The Kier molecular flexibility index (Phi) is 4.51. The number of amides is 1. The van der Waals surface area contributed by atoms with Crippen LogP contribution in [0.3, 0.4) is 0 Å². The summed E-state index contributed by atoms with van der Waals surface area (Å²) in [6, 6.07) is 13.2. The zero-order valence-electron chi connectivity index (χ0n) is 13.4. The molecule has 0 unspecified atom stereocenters. The molecule has 0 saturated carbocycles. The van der Waals surface area contributed by atoms with Crippen LogP contribution in [0.25, 0.3) is 5.69 Å². The molecule has 3 aromatic rings. The van der Waals surface area contributed by atoms with Gasteiger partial charge in [0.1, 0.15) is 17.8 Å². The second kappa shape index (κ2) is 6.91. The predicted octanol–water partition coefficient (Wildman–Crippen LogP) is 2.16. The van der Waals surface area contributed by atoms with E-state index in [1.165, 1.54) is 16.6 Å². The Balaban J connectivity index is 1.76. The number of anilines is 1. The summed E-state index contributed by atoms with van der Waals surface area (Å²) in [7, 11) is 1.57. The number of hydrogen-bond acceptors (Lipinski definition) is 5. The fourth-order valence-electron chi connectivity index (χ4n) is 2.31. The highest BCUT2D eigenvalue weighted by molar-refractivity contribution is 5.92. The number of aryl methyl sites for hydroxylation is 1. The number of aromatic nitrogens is 4. The van der Waals surface area contributed by atoms with Crippen molar-refractivity contribution in [2.45, 2.75) is 13.3 Å². The smallest absolute Gasteiger partial charge is 0.228 e. The number of carbonyl (C=O) groups is 1. The van der Waals surface area contributed by atoms with Crippen molar-refractivity contribution in [3.05, 3.63) is 59.9 Å². The highest BCUT2D eigenvalue weighted by atomic mass is 16.5. The van der Waals surface area contributed by atoms with Gasteiger partial charge in [0.25, 0.3) is 0 Å². The molecule has 0 spiro atoms. The molecule has 7 heteroatoms. The van der Waals surface area contributed by atoms with E-state index in [-0.39, 0.29) is 5.91 Å². The number of carbonyl (C=O) groups excluding carboxylic acids is 1. The quantitative estimate of drug-likeness (QED) is 0.778. The highest BCUT2D eigenvalue weighted by Gasteiger charge is 2.10. The van der Waals surface area contributed by atoms with Gasteiger partial charge in [0.2, 0.25) is 5.91 Å². The first-order valence-electron chi connectivity index (χ1n) is 7.42. The Morgan fingerprint density at radius 2 is 2.00 bits per heavy atom. The maximum atomic E-state index is 12.2. The molecule has 0 bridgehead atoms. The van der Waals surface area contributed by atoms with Crippen molar-refractivity contribution in [1.82, 2.24) is 20.2 Å². The number of nitrogens with one attached hydrogen (secondary N) is 1. The summed E-state index contributed by atoms with van der Waals surface area (Å²) in [5.41, 5.74) is 3.43. The fraction of sp³-hybridized carbons (Fsp3) is 0.176. The molecule has 3 rings (SSSR count). The van der Waals surface area contributed by atoms with Gasteiger partial charge in [-0.2, -0.15) is 4.68 Å². The summed E-state index contributed by atoms with van der Waals surface area (Å²) in [5, 5.41) is 14.0. The van der Waals surface area contributed by atoms with Crippen molar-refractivity contribution in [2.24, 2.45) is 0 Å². The number of hydrogen-bond donors (Lipinski definition) is 1. The normalized spacial score (nSPS) is 10.4. The average molecular weight is 323 g/mol. The van der Waals surface area contributed by atoms with Gasteiger partial charge in [-0.15, -0.1) is 5.10 Å². The van der Waals surface area contributed by atoms with Crippen LogP contribution in [0.2, 0.25) is 0 Å². The molecule has 1 heterocycles. The molecule has 0 saturated heterocycles. The number of rotatable bonds is 5. The molecule has 1 aromatic heterocycles. The summed E-state index contributed by atoms with van der Waals surface area (Å²) >= 11 is 0. The summed E-state index contributed by atoms with van der Waals surface area (Å²) in [4.78, 5) is 12.2. The molecule has 2 aromatic carbocycles. The number of methoxy groups -OCH3 is 1. The second-order valence-corrected chi connectivity index (χ2v) is 5.35. The monoisotopic (exact) mass is 323 g/mol. The van der Waals surface area contributed by atoms with Crippen LogP contribution in [0.5, 0.6) is 5.75 Å².